The van der Waals surface area contributed by atoms with E-state index in [9.17, 15) is 21.9 Å². The zero-order chi connectivity index (χ0) is 30.4. The van der Waals surface area contributed by atoms with Crippen LogP contribution in [0.1, 0.15) is 25.7 Å². The molecule has 0 bridgehead atoms. The number of aromatic hydroxyl groups is 1. The van der Waals surface area contributed by atoms with E-state index < -0.39 is 19.7 Å². The molecular formula is C31H41N5O5S2. The van der Waals surface area contributed by atoms with E-state index in [1.165, 1.54) is 49.4 Å². The van der Waals surface area contributed by atoms with Gasteiger partial charge in [0.2, 0.25) is 9.84 Å². The average molecular weight is 628 g/mol. The lowest BCUT2D eigenvalue weighted by molar-refractivity contribution is 0.0495. The third-order valence-corrected chi connectivity index (χ3v) is 12.4. The maximum Gasteiger partial charge on any atom is 0.210 e. The van der Waals surface area contributed by atoms with Crippen LogP contribution < -0.4 is 4.90 Å². The highest BCUT2D eigenvalue weighted by Crippen LogP contribution is 2.39. The molecular weight excluding hydrogens is 587 g/mol. The van der Waals surface area contributed by atoms with Gasteiger partial charge in [0.15, 0.2) is 9.84 Å². The molecule has 3 saturated heterocycles. The van der Waals surface area contributed by atoms with E-state index in [2.05, 4.69) is 31.6 Å². The number of likely N-dealkylation sites (N-methyl/N-ethyl adjacent to an activating group) is 1. The van der Waals surface area contributed by atoms with Crippen LogP contribution in [0.15, 0.2) is 63.3 Å². The van der Waals surface area contributed by atoms with Gasteiger partial charge in [-0.15, -0.1) is 0 Å². The predicted molar refractivity (Wildman–Crippen MR) is 167 cm³/mol. The maximum atomic E-state index is 13.9. The third kappa shape index (κ3) is 6.26. The molecule has 2 aromatic carbocycles. The first-order valence-electron chi connectivity index (χ1n) is 15.1. The lowest BCUT2D eigenvalue weighted by Gasteiger charge is -2.46. The first-order chi connectivity index (χ1) is 20.5. The molecule has 12 heteroatoms. The van der Waals surface area contributed by atoms with Crippen LogP contribution in [-0.2, 0) is 19.7 Å². The number of sulfone groups is 2. The predicted octanol–water partition coefficient (Wildman–Crippen LogP) is 2.86. The molecule has 0 saturated carbocycles. The molecule has 43 heavy (non-hydrogen) atoms. The second kappa shape index (κ2) is 12.0. The SMILES string of the molecule is CN1CCN(C2CCN(C3CCN(c4c(S(=O)(=O)c5ccc(O)cc5)cnc5ccc(S(C)(=O)=O)cc45)CC3)CC2)CC1. The van der Waals surface area contributed by atoms with Crippen molar-refractivity contribution in [3.8, 4) is 5.75 Å². The lowest BCUT2D eigenvalue weighted by atomic mass is 9.96. The molecule has 0 unspecified atom stereocenters. The number of fused-ring (bicyclic) bond motifs is 1. The fraction of sp³-hybridized carbons (Fsp3) is 0.516. The summed E-state index contributed by atoms with van der Waals surface area (Å²) < 4.78 is 52.8. The number of phenolic OH excluding ortho intramolecular Hbond substituents is 1. The van der Waals surface area contributed by atoms with E-state index in [4.69, 9.17) is 0 Å². The van der Waals surface area contributed by atoms with Gasteiger partial charge in [0.05, 0.1) is 21.0 Å². The Bertz CT molecular complexity index is 1670. The lowest BCUT2D eigenvalue weighted by Crippen LogP contribution is -2.54. The molecule has 0 radical (unpaired) electrons. The molecule has 0 aliphatic carbocycles. The van der Waals surface area contributed by atoms with Gasteiger partial charge in [0.25, 0.3) is 0 Å². The van der Waals surface area contributed by atoms with Crippen molar-refractivity contribution in [1.29, 1.82) is 0 Å². The highest BCUT2D eigenvalue weighted by molar-refractivity contribution is 7.91. The smallest absolute Gasteiger partial charge is 0.210 e. The number of piperidine rings is 2. The molecule has 3 aliphatic rings. The second-order valence-electron chi connectivity index (χ2n) is 12.2. The van der Waals surface area contributed by atoms with Crippen molar-refractivity contribution in [2.45, 2.75) is 52.5 Å². The van der Waals surface area contributed by atoms with Crippen LogP contribution in [0.2, 0.25) is 0 Å². The van der Waals surface area contributed by atoms with Crippen molar-refractivity contribution in [1.82, 2.24) is 19.7 Å². The fourth-order valence-electron chi connectivity index (χ4n) is 6.90. The number of piperazine rings is 1. The van der Waals surface area contributed by atoms with Gasteiger partial charge in [-0.2, -0.15) is 0 Å². The van der Waals surface area contributed by atoms with Gasteiger partial charge < -0.3 is 19.8 Å². The number of anilines is 1. The van der Waals surface area contributed by atoms with Crippen molar-refractivity contribution in [2.24, 2.45) is 0 Å². The molecule has 4 heterocycles. The summed E-state index contributed by atoms with van der Waals surface area (Å²) in [5.74, 6) is -0.0248. The Morgan fingerprint density at radius 1 is 0.744 bits per heavy atom. The number of likely N-dealkylation sites (tertiary alicyclic amines) is 1. The molecule has 1 N–H and O–H groups in total. The number of benzene rings is 2. The van der Waals surface area contributed by atoms with Crippen LogP contribution in [0.3, 0.4) is 0 Å². The van der Waals surface area contributed by atoms with Gasteiger partial charge in [-0.1, -0.05) is 0 Å². The second-order valence-corrected chi connectivity index (χ2v) is 16.2. The van der Waals surface area contributed by atoms with Gasteiger partial charge in [0.1, 0.15) is 10.6 Å². The van der Waals surface area contributed by atoms with E-state index in [-0.39, 0.29) is 20.4 Å². The molecule has 1 aromatic heterocycles. The summed E-state index contributed by atoms with van der Waals surface area (Å²) in [5.41, 5.74) is 1.04. The highest BCUT2D eigenvalue weighted by Gasteiger charge is 2.34. The van der Waals surface area contributed by atoms with Crippen LogP contribution in [0.4, 0.5) is 5.69 Å². The van der Waals surface area contributed by atoms with Crippen molar-refractivity contribution >= 4 is 36.3 Å². The minimum atomic E-state index is -4.01. The Hall–Kier alpha value is -2.77. The zero-order valence-electron chi connectivity index (χ0n) is 24.9. The van der Waals surface area contributed by atoms with E-state index in [1.54, 1.807) is 12.1 Å². The van der Waals surface area contributed by atoms with Crippen molar-refractivity contribution < 1.29 is 21.9 Å². The minimum Gasteiger partial charge on any atom is -0.508 e. The molecule has 6 rings (SSSR count). The molecule has 232 valence electrons. The normalized spacial score (nSPS) is 21.0. The van der Waals surface area contributed by atoms with Crippen molar-refractivity contribution in [3.05, 3.63) is 48.7 Å². The Morgan fingerprint density at radius 3 is 1.91 bits per heavy atom. The average Bonchev–Trinajstić information content (AvgIpc) is 3.00. The fourth-order valence-corrected chi connectivity index (χ4v) is 8.98. The standard InChI is InChI=1S/C31H41N5O5S2/c1-33-17-19-35(20-18-33)24-9-13-34(14-10-24)23-11-15-36(16-12-23)31-28-21-27(42(2,38)39)7-8-29(28)32-22-30(31)43(40,41)26-5-3-25(37)4-6-26/h3-8,21-24,37H,9-20H2,1-2H3. The number of nitrogens with zero attached hydrogens (tertiary/aromatic N) is 5. The van der Waals surface area contributed by atoms with Gasteiger partial charge in [-0.25, -0.2) is 16.8 Å². The number of aromatic nitrogens is 1. The van der Waals surface area contributed by atoms with E-state index in [0.29, 0.717) is 41.8 Å². The van der Waals surface area contributed by atoms with E-state index in [0.717, 1.165) is 58.4 Å². The molecule has 0 amide bonds. The number of hydrogen-bond acceptors (Lipinski definition) is 10. The Labute approximate surface area is 254 Å². The summed E-state index contributed by atoms with van der Waals surface area (Å²) in [5, 5.41) is 10.3. The largest absolute Gasteiger partial charge is 0.508 e. The Morgan fingerprint density at radius 2 is 1.30 bits per heavy atom. The monoisotopic (exact) mass is 627 g/mol. The van der Waals surface area contributed by atoms with E-state index in [1.807, 2.05) is 0 Å². The van der Waals surface area contributed by atoms with Gasteiger partial charge >= 0.3 is 0 Å². The molecule has 0 atom stereocenters. The van der Waals surface area contributed by atoms with Gasteiger partial charge in [-0.05, 0) is 88.3 Å². The molecule has 0 spiro atoms. The van der Waals surface area contributed by atoms with Crippen LogP contribution in [0.5, 0.6) is 5.75 Å². The Kier molecular flexibility index (Phi) is 8.42. The number of pyridine rings is 1. The van der Waals surface area contributed by atoms with Gasteiger partial charge in [0, 0.05) is 69.2 Å². The number of hydrogen-bond donors (Lipinski definition) is 1. The Balaban J connectivity index is 1.26. The van der Waals surface area contributed by atoms with Gasteiger partial charge in [-0.3, -0.25) is 9.88 Å². The molecule has 10 nitrogen and oxygen atoms in total. The summed E-state index contributed by atoms with van der Waals surface area (Å²) in [6.45, 7) is 8.05. The summed E-state index contributed by atoms with van der Waals surface area (Å²) in [6.07, 6.45) is 6.69. The van der Waals surface area contributed by atoms with Crippen LogP contribution in [0, 0.1) is 0 Å². The summed E-state index contributed by atoms with van der Waals surface area (Å²) in [4.78, 5) is 14.4. The van der Waals surface area contributed by atoms with Crippen LogP contribution >= 0.6 is 0 Å². The van der Waals surface area contributed by atoms with Crippen molar-refractivity contribution in [3.63, 3.8) is 0 Å². The topological polar surface area (TPSA) is 114 Å². The molecule has 3 fully saturated rings. The van der Waals surface area contributed by atoms with Crippen LogP contribution in [0.25, 0.3) is 10.9 Å². The van der Waals surface area contributed by atoms with Crippen LogP contribution in [-0.4, -0.2) is 119 Å². The third-order valence-electron chi connectivity index (χ3n) is 9.49. The minimum absolute atomic E-state index is 0.0248. The highest BCUT2D eigenvalue weighted by atomic mass is 32.2. The van der Waals surface area contributed by atoms with Crippen molar-refractivity contribution in [2.75, 3.05) is 70.6 Å². The summed E-state index contributed by atoms with van der Waals surface area (Å²) in [6, 6.07) is 11.3. The van der Waals surface area contributed by atoms with E-state index >= 15 is 0 Å². The maximum absolute atomic E-state index is 13.9. The number of phenols is 1. The first kappa shape index (κ1) is 30.3. The molecule has 3 aromatic rings. The summed E-state index contributed by atoms with van der Waals surface area (Å²) >= 11 is 0. The number of rotatable bonds is 6. The zero-order valence-corrected chi connectivity index (χ0v) is 26.5. The summed E-state index contributed by atoms with van der Waals surface area (Å²) in [7, 11) is -5.34. The quantitative estimate of drug-likeness (QED) is 0.438. The molecule has 3 aliphatic heterocycles. The first-order valence-corrected chi connectivity index (χ1v) is 18.5.